The molecule has 92 valence electrons. The first kappa shape index (κ1) is 11.6. The van der Waals surface area contributed by atoms with Crippen LogP contribution >= 0.6 is 0 Å². The SMILES string of the molecule is COC(=O)NNc1ccc(C)c2c1OC(C)C2. The van der Waals surface area contributed by atoms with Crippen LogP contribution in [-0.4, -0.2) is 19.3 Å². The molecule has 1 heterocycles. The molecular weight excluding hydrogens is 220 g/mol. The molecule has 5 heteroatoms. The molecule has 0 bridgehead atoms. The zero-order valence-electron chi connectivity index (χ0n) is 10.2. The third-order valence-corrected chi connectivity index (χ3v) is 2.79. The van der Waals surface area contributed by atoms with Gasteiger partial charge in [0, 0.05) is 12.0 Å². The molecular formula is C12H16N2O3. The van der Waals surface area contributed by atoms with E-state index in [1.807, 2.05) is 19.1 Å². The van der Waals surface area contributed by atoms with Gasteiger partial charge in [0.1, 0.15) is 11.9 Å². The number of hydrogen-bond acceptors (Lipinski definition) is 4. The number of aryl methyl sites for hydroxylation is 1. The molecule has 0 fully saturated rings. The molecule has 0 radical (unpaired) electrons. The summed E-state index contributed by atoms with van der Waals surface area (Å²) in [5.74, 6) is 0.814. The quantitative estimate of drug-likeness (QED) is 0.771. The van der Waals surface area contributed by atoms with Gasteiger partial charge in [0.15, 0.2) is 0 Å². The molecule has 0 aliphatic carbocycles. The minimum atomic E-state index is -0.537. The second-order valence-electron chi connectivity index (χ2n) is 4.11. The lowest BCUT2D eigenvalue weighted by Crippen LogP contribution is -2.29. The number of rotatable bonds is 2. The number of carbonyl (C=O) groups excluding carboxylic acids is 1. The molecule has 0 aromatic heterocycles. The van der Waals surface area contributed by atoms with Crippen molar-refractivity contribution < 1.29 is 14.3 Å². The Bertz CT molecular complexity index is 446. The third kappa shape index (κ3) is 2.27. The summed E-state index contributed by atoms with van der Waals surface area (Å²) in [4.78, 5) is 11.0. The number of methoxy groups -OCH3 is 1. The molecule has 1 amide bonds. The van der Waals surface area contributed by atoms with Crippen LogP contribution < -0.4 is 15.6 Å². The zero-order chi connectivity index (χ0) is 12.4. The number of anilines is 1. The number of fused-ring (bicyclic) bond motifs is 1. The average molecular weight is 236 g/mol. The summed E-state index contributed by atoms with van der Waals surface area (Å²) >= 11 is 0. The fourth-order valence-electron chi connectivity index (χ4n) is 1.91. The van der Waals surface area contributed by atoms with E-state index < -0.39 is 6.09 Å². The maximum Gasteiger partial charge on any atom is 0.425 e. The van der Waals surface area contributed by atoms with Gasteiger partial charge in [-0.15, -0.1) is 0 Å². The highest BCUT2D eigenvalue weighted by Gasteiger charge is 2.24. The molecule has 1 aromatic carbocycles. The summed E-state index contributed by atoms with van der Waals surface area (Å²) < 4.78 is 10.2. The molecule has 2 N–H and O–H groups in total. The minimum absolute atomic E-state index is 0.171. The Kier molecular flexibility index (Phi) is 3.08. The molecule has 17 heavy (non-hydrogen) atoms. The second kappa shape index (κ2) is 4.53. The molecule has 1 unspecified atom stereocenters. The van der Waals surface area contributed by atoms with Crippen LogP contribution in [0.4, 0.5) is 10.5 Å². The van der Waals surface area contributed by atoms with Gasteiger partial charge in [-0.1, -0.05) is 6.07 Å². The fourth-order valence-corrected chi connectivity index (χ4v) is 1.91. The van der Waals surface area contributed by atoms with Crippen LogP contribution in [0.2, 0.25) is 0 Å². The Hall–Kier alpha value is -1.91. The predicted octanol–water partition coefficient (Wildman–Crippen LogP) is 2.00. The van der Waals surface area contributed by atoms with Crippen LogP contribution in [-0.2, 0) is 11.2 Å². The van der Waals surface area contributed by atoms with Crippen molar-refractivity contribution in [3.05, 3.63) is 23.3 Å². The Labute approximate surface area is 100 Å². The number of hydrazine groups is 1. The van der Waals surface area contributed by atoms with Gasteiger partial charge in [-0.3, -0.25) is 5.43 Å². The van der Waals surface area contributed by atoms with Gasteiger partial charge in [-0.2, -0.15) is 0 Å². The molecule has 0 saturated carbocycles. The van der Waals surface area contributed by atoms with E-state index in [4.69, 9.17) is 4.74 Å². The fraction of sp³-hybridized carbons (Fsp3) is 0.417. The molecule has 1 atom stereocenters. The van der Waals surface area contributed by atoms with Crippen molar-refractivity contribution in [2.75, 3.05) is 12.5 Å². The largest absolute Gasteiger partial charge is 0.488 e. The van der Waals surface area contributed by atoms with Gasteiger partial charge in [-0.25, -0.2) is 10.2 Å². The highest BCUT2D eigenvalue weighted by Crippen LogP contribution is 2.37. The molecule has 0 saturated heterocycles. The number of ether oxygens (including phenoxy) is 2. The Morgan fingerprint density at radius 2 is 2.29 bits per heavy atom. The molecule has 0 spiro atoms. The normalized spacial score (nSPS) is 17.0. The summed E-state index contributed by atoms with van der Waals surface area (Å²) in [5.41, 5.74) is 8.36. The molecule has 1 aromatic rings. The van der Waals surface area contributed by atoms with Crippen LogP contribution in [0, 0.1) is 6.92 Å². The van der Waals surface area contributed by atoms with E-state index in [-0.39, 0.29) is 6.10 Å². The van der Waals surface area contributed by atoms with Crippen LogP contribution in [0.3, 0.4) is 0 Å². The predicted molar refractivity (Wildman–Crippen MR) is 64.1 cm³/mol. The Balaban J connectivity index is 2.19. The average Bonchev–Trinajstić information content (AvgIpc) is 2.70. The first-order chi connectivity index (χ1) is 8.11. The number of benzene rings is 1. The molecule has 2 rings (SSSR count). The minimum Gasteiger partial charge on any atom is -0.488 e. The zero-order valence-corrected chi connectivity index (χ0v) is 10.2. The third-order valence-electron chi connectivity index (χ3n) is 2.79. The highest BCUT2D eigenvalue weighted by molar-refractivity contribution is 5.71. The van der Waals surface area contributed by atoms with Gasteiger partial charge >= 0.3 is 6.09 Å². The van der Waals surface area contributed by atoms with E-state index in [0.717, 1.165) is 17.9 Å². The van der Waals surface area contributed by atoms with Gasteiger partial charge < -0.3 is 9.47 Å². The van der Waals surface area contributed by atoms with Gasteiger partial charge in [0.2, 0.25) is 0 Å². The van der Waals surface area contributed by atoms with Crippen molar-refractivity contribution in [1.29, 1.82) is 0 Å². The maximum absolute atomic E-state index is 11.0. The summed E-state index contributed by atoms with van der Waals surface area (Å²) in [5, 5.41) is 0. The van der Waals surface area contributed by atoms with Crippen molar-refractivity contribution in [1.82, 2.24) is 5.43 Å². The molecule has 5 nitrogen and oxygen atoms in total. The first-order valence-corrected chi connectivity index (χ1v) is 5.51. The number of hydrogen-bond donors (Lipinski definition) is 2. The molecule has 1 aliphatic heterocycles. The van der Waals surface area contributed by atoms with Gasteiger partial charge in [0.05, 0.1) is 12.8 Å². The number of carbonyl (C=O) groups is 1. The summed E-state index contributed by atoms with van der Waals surface area (Å²) in [7, 11) is 1.31. The van der Waals surface area contributed by atoms with Crippen molar-refractivity contribution in [2.24, 2.45) is 0 Å². The first-order valence-electron chi connectivity index (χ1n) is 5.51. The monoisotopic (exact) mass is 236 g/mol. The van der Waals surface area contributed by atoms with Crippen molar-refractivity contribution in [3.63, 3.8) is 0 Å². The van der Waals surface area contributed by atoms with Crippen LogP contribution in [0.5, 0.6) is 5.75 Å². The smallest absolute Gasteiger partial charge is 0.425 e. The van der Waals surface area contributed by atoms with E-state index in [1.54, 1.807) is 0 Å². The van der Waals surface area contributed by atoms with Crippen LogP contribution in [0.25, 0.3) is 0 Å². The van der Waals surface area contributed by atoms with E-state index in [0.29, 0.717) is 0 Å². The van der Waals surface area contributed by atoms with E-state index >= 15 is 0 Å². The lowest BCUT2D eigenvalue weighted by molar-refractivity contribution is 0.173. The number of nitrogens with one attached hydrogen (secondary N) is 2. The Morgan fingerprint density at radius 3 is 3.00 bits per heavy atom. The van der Waals surface area contributed by atoms with Crippen molar-refractivity contribution >= 4 is 11.8 Å². The van der Waals surface area contributed by atoms with Gasteiger partial charge in [0.25, 0.3) is 0 Å². The van der Waals surface area contributed by atoms with Gasteiger partial charge in [-0.05, 0) is 25.5 Å². The summed E-state index contributed by atoms with van der Waals surface area (Å²) in [6.07, 6.45) is 0.532. The van der Waals surface area contributed by atoms with E-state index in [2.05, 4.69) is 22.5 Å². The van der Waals surface area contributed by atoms with Crippen molar-refractivity contribution in [3.8, 4) is 5.75 Å². The van der Waals surface area contributed by atoms with E-state index in [9.17, 15) is 4.79 Å². The van der Waals surface area contributed by atoms with Crippen LogP contribution in [0.1, 0.15) is 18.1 Å². The lowest BCUT2D eigenvalue weighted by atomic mass is 10.0. The van der Waals surface area contributed by atoms with Crippen molar-refractivity contribution in [2.45, 2.75) is 26.4 Å². The van der Waals surface area contributed by atoms with E-state index in [1.165, 1.54) is 18.2 Å². The highest BCUT2D eigenvalue weighted by atomic mass is 16.5. The standard InChI is InChI=1S/C12H16N2O3/c1-7-4-5-10(13-14-12(15)16-3)11-9(7)6-8(2)17-11/h4-5,8,13H,6H2,1-3H3,(H,14,15). The number of amides is 1. The van der Waals surface area contributed by atoms with Crippen LogP contribution in [0.15, 0.2) is 12.1 Å². The topological polar surface area (TPSA) is 59.6 Å². The second-order valence-corrected chi connectivity index (χ2v) is 4.11. The molecule has 1 aliphatic rings. The maximum atomic E-state index is 11.0. The summed E-state index contributed by atoms with van der Waals surface area (Å²) in [6, 6.07) is 3.88. The summed E-state index contributed by atoms with van der Waals surface area (Å²) in [6.45, 7) is 4.08. The lowest BCUT2D eigenvalue weighted by Gasteiger charge is -2.12. The Morgan fingerprint density at radius 1 is 1.53 bits per heavy atom.